The van der Waals surface area contributed by atoms with Crippen molar-refractivity contribution in [3.8, 4) is 0 Å². The fraction of sp³-hybridized carbons (Fsp3) is 0.167. The molecule has 0 aliphatic heterocycles. The van der Waals surface area contributed by atoms with Gasteiger partial charge in [-0.05, 0) is 19.1 Å². The Hall–Kier alpha value is -2.50. The Bertz CT molecular complexity index is 892. The van der Waals surface area contributed by atoms with E-state index in [-0.39, 0.29) is 22.6 Å². The molecule has 0 N–H and O–H groups in total. The van der Waals surface area contributed by atoms with Crippen molar-refractivity contribution in [2.75, 3.05) is 0 Å². The van der Waals surface area contributed by atoms with E-state index in [1.54, 1.807) is 38.2 Å². The molecule has 0 spiro atoms. The summed E-state index contributed by atoms with van der Waals surface area (Å²) in [5, 5.41) is 4.48. The molecule has 0 saturated carbocycles. The van der Waals surface area contributed by atoms with Gasteiger partial charge in [-0.15, -0.1) is 0 Å². The molecule has 2 aromatic heterocycles. The Balaban J connectivity index is 2.69. The second kappa shape index (κ2) is 3.49. The molecule has 18 heavy (non-hydrogen) atoms. The van der Waals surface area contributed by atoms with Gasteiger partial charge < -0.3 is 0 Å². The molecule has 0 atom stereocenters. The van der Waals surface area contributed by atoms with Crippen LogP contribution in [0.4, 0.5) is 0 Å². The predicted molar refractivity (Wildman–Crippen MR) is 66.7 cm³/mol. The third kappa shape index (κ3) is 1.29. The van der Waals surface area contributed by atoms with Crippen LogP contribution < -0.4 is 11.1 Å². The minimum Gasteiger partial charge on any atom is -0.278 e. The van der Waals surface area contributed by atoms with Crippen molar-refractivity contribution in [3.05, 3.63) is 50.7 Å². The molecule has 3 rings (SSSR count). The van der Waals surface area contributed by atoms with Gasteiger partial charge in [-0.2, -0.15) is 9.61 Å². The Kier molecular flexibility index (Phi) is 2.07. The summed E-state index contributed by atoms with van der Waals surface area (Å²) in [7, 11) is 1.58. The van der Waals surface area contributed by atoms with Gasteiger partial charge in [-0.25, -0.2) is 4.98 Å². The maximum atomic E-state index is 12.2. The predicted octanol–water partition coefficient (Wildman–Crippen LogP) is 0.250. The van der Waals surface area contributed by atoms with Crippen LogP contribution in [0.3, 0.4) is 0 Å². The van der Waals surface area contributed by atoms with Crippen molar-refractivity contribution in [3.63, 3.8) is 0 Å². The first-order valence-corrected chi connectivity index (χ1v) is 5.45. The minimum atomic E-state index is -0.269. The normalized spacial score (nSPS) is 11.2. The zero-order valence-corrected chi connectivity index (χ0v) is 9.91. The Morgan fingerprint density at radius 2 is 1.83 bits per heavy atom. The number of fused-ring (bicyclic) bond motifs is 2. The Labute approximate surface area is 101 Å². The van der Waals surface area contributed by atoms with Crippen molar-refractivity contribution >= 4 is 16.7 Å². The highest BCUT2D eigenvalue weighted by atomic mass is 16.1. The van der Waals surface area contributed by atoms with E-state index in [0.29, 0.717) is 10.9 Å². The summed E-state index contributed by atoms with van der Waals surface area (Å²) in [4.78, 5) is 28.3. The molecular formula is C12H10N4O2. The molecule has 0 unspecified atom stereocenters. The zero-order valence-electron chi connectivity index (χ0n) is 9.91. The fourth-order valence-electron chi connectivity index (χ4n) is 1.95. The monoisotopic (exact) mass is 242 g/mol. The first-order chi connectivity index (χ1) is 8.59. The summed E-state index contributed by atoms with van der Waals surface area (Å²) >= 11 is 0. The highest BCUT2D eigenvalue weighted by molar-refractivity contribution is 5.78. The van der Waals surface area contributed by atoms with E-state index in [2.05, 4.69) is 10.1 Å². The summed E-state index contributed by atoms with van der Waals surface area (Å²) in [6.07, 6.45) is 0. The molecule has 1 aromatic carbocycles. The number of aryl methyl sites for hydroxylation is 2. The number of benzene rings is 1. The molecule has 6 heteroatoms. The van der Waals surface area contributed by atoms with Gasteiger partial charge in [0.1, 0.15) is 5.69 Å². The van der Waals surface area contributed by atoms with E-state index >= 15 is 0 Å². The molecule has 0 fully saturated rings. The largest absolute Gasteiger partial charge is 0.283 e. The van der Waals surface area contributed by atoms with Crippen LogP contribution in [0.2, 0.25) is 0 Å². The standard InChI is InChI=1S/C12H10N4O2/c1-7-10(17)15(2)12-13-9-6-4-3-5-8(9)11(18)16(12)14-7/h3-6H,1-2H3. The highest BCUT2D eigenvalue weighted by Crippen LogP contribution is 2.06. The van der Waals surface area contributed by atoms with Crippen LogP contribution >= 0.6 is 0 Å². The third-order valence-corrected chi connectivity index (χ3v) is 2.90. The third-order valence-electron chi connectivity index (χ3n) is 2.90. The van der Waals surface area contributed by atoms with E-state index in [9.17, 15) is 9.59 Å². The van der Waals surface area contributed by atoms with Gasteiger partial charge in [0.05, 0.1) is 10.9 Å². The van der Waals surface area contributed by atoms with Crippen molar-refractivity contribution < 1.29 is 0 Å². The lowest BCUT2D eigenvalue weighted by Gasteiger charge is -2.06. The van der Waals surface area contributed by atoms with Gasteiger partial charge in [-0.1, -0.05) is 12.1 Å². The molecule has 0 bridgehead atoms. The van der Waals surface area contributed by atoms with Gasteiger partial charge in [0.15, 0.2) is 0 Å². The lowest BCUT2D eigenvalue weighted by Crippen LogP contribution is -2.30. The number of aromatic nitrogens is 4. The summed E-state index contributed by atoms with van der Waals surface area (Å²) < 4.78 is 2.50. The maximum absolute atomic E-state index is 12.2. The van der Waals surface area contributed by atoms with Crippen LogP contribution in [0.25, 0.3) is 16.7 Å². The van der Waals surface area contributed by atoms with Gasteiger partial charge in [0, 0.05) is 7.05 Å². The topological polar surface area (TPSA) is 69.3 Å². The fourth-order valence-corrected chi connectivity index (χ4v) is 1.95. The SMILES string of the molecule is Cc1nn2c(=O)c3ccccc3nc2n(C)c1=O. The molecule has 90 valence electrons. The van der Waals surface area contributed by atoms with Gasteiger partial charge >= 0.3 is 0 Å². The number of rotatable bonds is 0. The van der Waals surface area contributed by atoms with Crippen molar-refractivity contribution in [1.29, 1.82) is 0 Å². The van der Waals surface area contributed by atoms with E-state index < -0.39 is 0 Å². The van der Waals surface area contributed by atoms with Crippen LogP contribution in [-0.2, 0) is 7.05 Å². The van der Waals surface area contributed by atoms with Gasteiger partial charge in [0.25, 0.3) is 11.1 Å². The first kappa shape index (κ1) is 10.6. The molecule has 2 heterocycles. The lowest BCUT2D eigenvalue weighted by molar-refractivity contribution is 0.727. The average Bonchev–Trinajstić information content (AvgIpc) is 2.38. The Morgan fingerprint density at radius 1 is 1.11 bits per heavy atom. The quantitative estimate of drug-likeness (QED) is 0.530. The summed E-state index contributed by atoms with van der Waals surface area (Å²) in [6, 6.07) is 7.00. The number of hydrogen-bond acceptors (Lipinski definition) is 4. The van der Waals surface area contributed by atoms with E-state index in [1.807, 2.05) is 0 Å². The van der Waals surface area contributed by atoms with Crippen molar-refractivity contribution in [2.24, 2.45) is 7.05 Å². The van der Waals surface area contributed by atoms with Crippen LogP contribution in [0.5, 0.6) is 0 Å². The number of para-hydroxylation sites is 1. The molecule has 0 amide bonds. The van der Waals surface area contributed by atoms with Crippen molar-refractivity contribution in [2.45, 2.75) is 6.92 Å². The van der Waals surface area contributed by atoms with Gasteiger partial charge in [-0.3, -0.25) is 14.2 Å². The number of nitrogens with zero attached hydrogens (tertiary/aromatic N) is 4. The van der Waals surface area contributed by atoms with E-state index in [1.165, 1.54) is 9.08 Å². The maximum Gasteiger partial charge on any atom is 0.283 e. The molecular weight excluding hydrogens is 232 g/mol. The smallest absolute Gasteiger partial charge is 0.278 e. The zero-order chi connectivity index (χ0) is 12.9. The summed E-state index contributed by atoms with van der Waals surface area (Å²) in [5.41, 5.74) is 0.304. The van der Waals surface area contributed by atoms with Gasteiger partial charge in [0.2, 0.25) is 5.78 Å². The second-order valence-corrected chi connectivity index (χ2v) is 4.10. The Morgan fingerprint density at radius 3 is 2.61 bits per heavy atom. The van der Waals surface area contributed by atoms with Crippen LogP contribution in [0, 0.1) is 6.92 Å². The second-order valence-electron chi connectivity index (χ2n) is 4.10. The minimum absolute atomic E-state index is 0.245. The summed E-state index contributed by atoms with van der Waals surface area (Å²) in [5.74, 6) is 0.245. The van der Waals surface area contributed by atoms with Crippen LogP contribution in [-0.4, -0.2) is 19.2 Å². The van der Waals surface area contributed by atoms with E-state index in [0.717, 1.165) is 0 Å². The number of hydrogen-bond donors (Lipinski definition) is 0. The highest BCUT2D eigenvalue weighted by Gasteiger charge is 2.10. The van der Waals surface area contributed by atoms with Crippen LogP contribution in [0.15, 0.2) is 33.9 Å². The van der Waals surface area contributed by atoms with Crippen LogP contribution in [0.1, 0.15) is 5.69 Å². The molecule has 3 aromatic rings. The molecule has 0 saturated heterocycles. The summed E-state index contributed by atoms with van der Waals surface area (Å²) in [6.45, 7) is 1.57. The first-order valence-electron chi connectivity index (χ1n) is 5.45. The van der Waals surface area contributed by atoms with E-state index in [4.69, 9.17) is 0 Å². The van der Waals surface area contributed by atoms with Crippen molar-refractivity contribution in [1.82, 2.24) is 19.2 Å². The molecule has 0 aliphatic rings. The average molecular weight is 242 g/mol. The molecule has 6 nitrogen and oxygen atoms in total. The molecule has 0 radical (unpaired) electrons. The molecule has 0 aliphatic carbocycles. The lowest BCUT2D eigenvalue weighted by atomic mass is 10.2.